The van der Waals surface area contributed by atoms with Gasteiger partial charge in [0.25, 0.3) is 5.91 Å². The minimum atomic E-state index is -0.742. The predicted octanol–water partition coefficient (Wildman–Crippen LogP) is 4.36. The average Bonchev–Trinajstić information content (AvgIpc) is 3.34. The van der Waals surface area contributed by atoms with Crippen LogP contribution < -0.4 is 14.8 Å². The number of rotatable bonds is 8. The van der Waals surface area contributed by atoms with E-state index in [4.69, 9.17) is 21.1 Å². The molecule has 1 saturated heterocycles. The van der Waals surface area contributed by atoms with Crippen LogP contribution in [0.25, 0.3) is 10.9 Å². The first kappa shape index (κ1) is 24.7. The summed E-state index contributed by atoms with van der Waals surface area (Å²) in [6.07, 6.45) is 2.51. The number of likely N-dealkylation sites (tertiary alicyclic amines) is 1. The largest absolute Gasteiger partial charge is 0.486 e. The molecule has 0 bridgehead atoms. The third-order valence-electron chi connectivity index (χ3n) is 6.05. The third kappa shape index (κ3) is 5.73. The minimum absolute atomic E-state index is 0.173. The molecule has 0 aliphatic carbocycles. The molecule has 0 unspecified atom stereocenters. The summed E-state index contributed by atoms with van der Waals surface area (Å²) in [7, 11) is 0. The van der Waals surface area contributed by atoms with Crippen molar-refractivity contribution in [1.29, 1.82) is 0 Å². The Hall–Kier alpha value is -3.95. The average molecular weight is 520 g/mol. The molecule has 4 aromatic rings. The number of aliphatic hydroxyl groups is 1. The molecule has 37 heavy (non-hydrogen) atoms. The summed E-state index contributed by atoms with van der Waals surface area (Å²) < 4.78 is 11.9. The Bertz CT molecular complexity index is 1400. The van der Waals surface area contributed by atoms with Crippen LogP contribution >= 0.6 is 11.6 Å². The van der Waals surface area contributed by atoms with Gasteiger partial charge in [0.05, 0.1) is 27.7 Å². The number of halogens is 1. The summed E-state index contributed by atoms with van der Waals surface area (Å²) in [6.45, 7) is 2.84. The first-order valence-corrected chi connectivity index (χ1v) is 12.3. The van der Waals surface area contributed by atoms with Crippen molar-refractivity contribution >= 4 is 39.9 Å². The molecule has 2 N–H and O–H groups in total. The maximum Gasteiger partial charge on any atom is 0.263 e. The zero-order valence-electron chi connectivity index (χ0n) is 20.2. The van der Waals surface area contributed by atoms with Gasteiger partial charge in [0.2, 0.25) is 0 Å². The molecule has 2 aromatic carbocycles. The van der Waals surface area contributed by atoms with Gasteiger partial charge in [-0.15, -0.1) is 0 Å². The SMILES string of the molecule is C[C@@H](Oc1cccc2ncnc(Nc3ccc(OCc4ccccn4)c(Cl)c3)c12)C(=O)N1CC[C@@H](O)C1. The van der Waals surface area contributed by atoms with Gasteiger partial charge in [-0.3, -0.25) is 9.78 Å². The highest BCUT2D eigenvalue weighted by Gasteiger charge is 2.29. The molecule has 0 radical (unpaired) electrons. The lowest BCUT2D eigenvalue weighted by atomic mass is 10.2. The van der Waals surface area contributed by atoms with Crippen molar-refractivity contribution < 1.29 is 19.4 Å². The van der Waals surface area contributed by atoms with Gasteiger partial charge in [-0.1, -0.05) is 23.7 Å². The second kappa shape index (κ2) is 11.0. The summed E-state index contributed by atoms with van der Waals surface area (Å²) in [5.74, 6) is 1.35. The topological polar surface area (TPSA) is 110 Å². The number of β-amino-alcohol motifs (C(OH)–C–C–N with tert-alkyl or cyclic N) is 1. The first-order chi connectivity index (χ1) is 18.0. The Kier molecular flexibility index (Phi) is 7.34. The van der Waals surface area contributed by atoms with E-state index < -0.39 is 12.2 Å². The van der Waals surface area contributed by atoms with Gasteiger partial charge >= 0.3 is 0 Å². The van der Waals surface area contributed by atoms with Gasteiger partial charge in [0.15, 0.2) is 6.10 Å². The van der Waals surface area contributed by atoms with Crippen LogP contribution in [0.4, 0.5) is 11.5 Å². The van der Waals surface area contributed by atoms with Gasteiger partial charge < -0.3 is 24.8 Å². The Morgan fingerprint density at radius 3 is 2.81 bits per heavy atom. The van der Waals surface area contributed by atoms with E-state index in [-0.39, 0.29) is 5.91 Å². The fourth-order valence-electron chi connectivity index (χ4n) is 4.18. The Morgan fingerprint density at radius 1 is 1.16 bits per heavy atom. The molecule has 0 saturated carbocycles. The molecule has 2 atom stereocenters. The molecular formula is C27H26ClN5O4. The van der Waals surface area contributed by atoms with E-state index in [2.05, 4.69) is 20.3 Å². The highest BCUT2D eigenvalue weighted by molar-refractivity contribution is 6.32. The molecule has 9 nitrogen and oxygen atoms in total. The van der Waals surface area contributed by atoms with Crippen LogP contribution in [0.5, 0.6) is 11.5 Å². The van der Waals surface area contributed by atoms with Crippen LogP contribution in [0.2, 0.25) is 5.02 Å². The van der Waals surface area contributed by atoms with Gasteiger partial charge in [-0.2, -0.15) is 0 Å². The summed E-state index contributed by atoms with van der Waals surface area (Å²) in [6, 6.07) is 16.4. The molecular weight excluding hydrogens is 494 g/mol. The molecule has 3 heterocycles. The summed E-state index contributed by atoms with van der Waals surface area (Å²) in [5.41, 5.74) is 2.15. The molecule has 0 spiro atoms. The lowest BCUT2D eigenvalue weighted by Crippen LogP contribution is -2.39. The van der Waals surface area contributed by atoms with Crippen molar-refractivity contribution in [2.24, 2.45) is 0 Å². The van der Waals surface area contributed by atoms with Crippen LogP contribution in [0.15, 0.2) is 67.1 Å². The number of ether oxygens (including phenoxy) is 2. The minimum Gasteiger partial charge on any atom is -0.486 e. The van der Waals surface area contributed by atoms with Gasteiger partial charge in [0.1, 0.15) is 30.3 Å². The maximum absolute atomic E-state index is 12.8. The van der Waals surface area contributed by atoms with Crippen molar-refractivity contribution in [3.05, 3.63) is 77.8 Å². The number of hydrogen-bond acceptors (Lipinski definition) is 8. The van der Waals surface area contributed by atoms with Crippen LogP contribution in [-0.4, -0.2) is 56.2 Å². The molecule has 2 aromatic heterocycles. The number of nitrogens with zero attached hydrogens (tertiary/aromatic N) is 4. The van der Waals surface area contributed by atoms with E-state index in [0.29, 0.717) is 65.0 Å². The van der Waals surface area contributed by atoms with Crippen molar-refractivity contribution in [3.63, 3.8) is 0 Å². The summed E-state index contributed by atoms with van der Waals surface area (Å²) in [5, 5.41) is 14.1. The number of nitrogens with one attached hydrogen (secondary N) is 1. The van der Waals surface area contributed by atoms with E-state index >= 15 is 0 Å². The molecule has 10 heteroatoms. The number of aromatic nitrogens is 3. The number of amides is 1. The van der Waals surface area contributed by atoms with Gasteiger partial charge in [-0.25, -0.2) is 9.97 Å². The quantitative estimate of drug-likeness (QED) is 0.353. The highest BCUT2D eigenvalue weighted by atomic mass is 35.5. The zero-order valence-corrected chi connectivity index (χ0v) is 20.9. The Morgan fingerprint density at radius 2 is 2.05 bits per heavy atom. The Labute approximate surface area is 219 Å². The summed E-state index contributed by atoms with van der Waals surface area (Å²) in [4.78, 5) is 27.5. The van der Waals surface area contributed by atoms with E-state index in [0.717, 1.165) is 5.69 Å². The van der Waals surface area contributed by atoms with E-state index in [1.807, 2.05) is 36.4 Å². The number of pyridine rings is 1. The van der Waals surface area contributed by atoms with E-state index in [1.54, 1.807) is 36.2 Å². The molecule has 1 amide bonds. The molecule has 190 valence electrons. The van der Waals surface area contributed by atoms with Crippen LogP contribution in [-0.2, 0) is 11.4 Å². The second-order valence-corrected chi connectivity index (χ2v) is 9.15. The first-order valence-electron chi connectivity index (χ1n) is 11.9. The standard InChI is InChI=1S/C27H26ClN5O4/c1-17(27(35)33-12-10-20(34)14-33)37-24-7-4-6-22-25(24)26(31-16-30-22)32-18-8-9-23(21(28)13-18)36-15-19-5-2-3-11-29-19/h2-9,11,13,16-17,20,34H,10,12,14-15H2,1H3,(H,30,31,32)/t17-,20-/m1/s1. The van der Waals surface area contributed by atoms with Crippen LogP contribution in [0.3, 0.4) is 0 Å². The monoisotopic (exact) mass is 519 g/mol. The summed E-state index contributed by atoms with van der Waals surface area (Å²) >= 11 is 6.48. The number of carbonyl (C=O) groups is 1. The zero-order chi connectivity index (χ0) is 25.8. The lowest BCUT2D eigenvalue weighted by Gasteiger charge is -2.22. The molecule has 1 aliphatic rings. The fourth-order valence-corrected chi connectivity index (χ4v) is 4.41. The number of hydrogen-bond donors (Lipinski definition) is 2. The van der Waals surface area contributed by atoms with E-state index in [1.165, 1.54) is 6.33 Å². The van der Waals surface area contributed by atoms with Gasteiger partial charge in [-0.05, 0) is 55.8 Å². The number of anilines is 2. The second-order valence-electron chi connectivity index (χ2n) is 8.74. The molecule has 1 fully saturated rings. The normalized spacial score (nSPS) is 16.0. The highest BCUT2D eigenvalue weighted by Crippen LogP contribution is 2.34. The smallest absolute Gasteiger partial charge is 0.263 e. The number of carbonyl (C=O) groups excluding carboxylic acids is 1. The molecule has 5 rings (SSSR count). The van der Waals surface area contributed by atoms with Crippen molar-refractivity contribution in [3.8, 4) is 11.5 Å². The van der Waals surface area contributed by atoms with Gasteiger partial charge in [0, 0.05) is 25.0 Å². The number of benzene rings is 2. The van der Waals surface area contributed by atoms with Crippen LogP contribution in [0, 0.1) is 0 Å². The maximum atomic E-state index is 12.8. The van der Waals surface area contributed by atoms with Crippen molar-refractivity contribution in [1.82, 2.24) is 19.9 Å². The van der Waals surface area contributed by atoms with Crippen molar-refractivity contribution in [2.45, 2.75) is 32.2 Å². The third-order valence-corrected chi connectivity index (χ3v) is 6.34. The Balaban J connectivity index is 1.34. The number of aliphatic hydroxyl groups excluding tert-OH is 1. The predicted molar refractivity (Wildman–Crippen MR) is 140 cm³/mol. The number of fused-ring (bicyclic) bond motifs is 1. The van der Waals surface area contributed by atoms with Crippen molar-refractivity contribution in [2.75, 3.05) is 18.4 Å². The molecule has 1 aliphatic heterocycles. The lowest BCUT2D eigenvalue weighted by molar-refractivity contribution is -0.137. The van der Waals surface area contributed by atoms with E-state index in [9.17, 15) is 9.90 Å². The fraction of sp³-hybridized carbons (Fsp3) is 0.259. The van der Waals surface area contributed by atoms with Crippen LogP contribution in [0.1, 0.15) is 19.0 Å².